The van der Waals surface area contributed by atoms with Crippen molar-refractivity contribution < 1.29 is 13.7 Å². The van der Waals surface area contributed by atoms with Crippen LogP contribution in [0, 0.1) is 6.92 Å². The molecule has 0 fully saturated rings. The number of hydrogen-bond donors (Lipinski definition) is 1. The van der Waals surface area contributed by atoms with Crippen molar-refractivity contribution in [3.8, 4) is 0 Å². The van der Waals surface area contributed by atoms with Gasteiger partial charge in [-0.05, 0) is 33.2 Å². The van der Waals surface area contributed by atoms with E-state index < -0.39 is 0 Å². The lowest BCUT2D eigenvalue weighted by atomic mass is 10.3. The normalized spacial score (nSPS) is 11.1. The molecule has 0 bridgehead atoms. The largest absolute Gasteiger partial charge is 0.464 e. The molecule has 2 heterocycles. The monoisotopic (exact) mass is 323 g/mol. The SMILES string of the molecule is Cc1cc(C(=O)NCCSCc2ccc(CN(C)C)o2)no1. The van der Waals surface area contributed by atoms with Gasteiger partial charge in [0.15, 0.2) is 5.69 Å². The molecule has 0 aliphatic rings. The number of carbonyl (C=O) groups excluding carboxylic acids is 1. The lowest BCUT2D eigenvalue weighted by Crippen LogP contribution is -2.25. The Kier molecular flexibility index (Phi) is 6.09. The molecular weight excluding hydrogens is 302 g/mol. The summed E-state index contributed by atoms with van der Waals surface area (Å²) in [7, 11) is 4.02. The van der Waals surface area contributed by atoms with Gasteiger partial charge in [0.05, 0.1) is 12.3 Å². The maximum absolute atomic E-state index is 11.7. The fourth-order valence-electron chi connectivity index (χ4n) is 1.87. The van der Waals surface area contributed by atoms with Crippen LogP contribution in [-0.2, 0) is 12.3 Å². The third kappa shape index (κ3) is 5.23. The van der Waals surface area contributed by atoms with Crippen LogP contribution < -0.4 is 5.32 Å². The van der Waals surface area contributed by atoms with Crippen LogP contribution in [0.25, 0.3) is 0 Å². The highest BCUT2D eigenvalue weighted by atomic mass is 32.2. The van der Waals surface area contributed by atoms with Crippen LogP contribution in [0.4, 0.5) is 0 Å². The number of aryl methyl sites for hydroxylation is 1. The minimum Gasteiger partial charge on any atom is -0.464 e. The van der Waals surface area contributed by atoms with E-state index in [1.165, 1.54) is 0 Å². The van der Waals surface area contributed by atoms with Gasteiger partial charge in [-0.2, -0.15) is 11.8 Å². The van der Waals surface area contributed by atoms with Crippen LogP contribution in [0.3, 0.4) is 0 Å². The van der Waals surface area contributed by atoms with Gasteiger partial charge < -0.3 is 19.2 Å². The molecule has 1 N–H and O–H groups in total. The summed E-state index contributed by atoms with van der Waals surface area (Å²) in [6, 6.07) is 5.63. The van der Waals surface area contributed by atoms with E-state index in [9.17, 15) is 4.79 Å². The lowest BCUT2D eigenvalue weighted by molar-refractivity contribution is 0.0947. The standard InChI is InChI=1S/C15H21N3O3S/c1-11-8-14(17-21-11)15(19)16-6-7-22-10-13-5-4-12(20-13)9-18(2)3/h4-5,8H,6-7,9-10H2,1-3H3,(H,16,19). The molecular formula is C15H21N3O3S. The second kappa shape index (κ2) is 8.05. The van der Waals surface area contributed by atoms with Gasteiger partial charge in [-0.15, -0.1) is 0 Å². The van der Waals surface area contributed by atoms with E-state index in [2.05, 4.69) is 15.4 Å². The summed E-state index contributed by atoms with van der Waals surface area (Å²) in [4.78, 5) is 13.8. The highest BCUT2D eigenvalue weighted by molar-refractivity contribution is 7.98. The minimum absolute atomic E-state index is 0.205. The van der Waals surface area contributed by atoms with Crippen molar-refractivity contribution >= 4 is 17.7 Å². The topological polar surface area (TPSA) is 71.5 Å². The quantitative estimate of drug-likeness (QED) is 0.752. The number of nitrogens with zero attached hydrogens (tertiary/aromatic N) is 2. The Morgan fingerprint density at radius 3 is 2.82 bits per heavy atom. The number of amides is 1. The Hall–Kier alpha value is -1.73. The van der Waals surface area contributed by atoms with E-state index in [1.54, 1.807) is 24.8 Å². The molecule has 0 spiro atoms. The fraction of sp³-hybridized carbons (Fsp3) is 0.467. The summed E-state index contributed by atoms with van der Waals surface area (Å²) in [6.07, 6.45) is 0. The first kappa shape index (κ1) is 16.6. The summed E-state index contributed by atoms with van der Waals surface area (Å²) in [5.41, 5.74) is 0.321. The molecule has 0 aromatic carbocycles. The maximum atomic E-state index is 11.7. The third-order valence-electron chi connectivity index (χ3n) is 2.83. The number of hydrogen-bond acceptors (Lipinski definition) is 6. The molecule has 2 aromatic rings. The molecule has 0 saturated heterocycles. The van der Waals surface area contributed by atoms with Gasteiger partial charge in [0.1, 0.15) is 17.3 Å². The molecule has 0 aliphatic carbocycles. The van der Waals surface area contributed by atoms with Gasteiger partial charge in [0.25, 0.3) is 5.91 Å². The smallest absolute Gasteiger partial charge is 0.273 e. The van der Waals surface area contributed by atoms with Crippen LogP contribution in [-0.4, -0.2) is 42.4 Å². The lowest BCUT2D eigenvalue weighted by Gasteiger charge is -2.05. The average molecular weight is 323 g/mol. The van der Waals surface area contributed by atoms with Gasteiger partial charge in [-0.25, -0.2) is 0 Å². The van der Waals surface area contributed by atoms with E-state index in [4.69, 9.17) is 8.94 Å². The van der Waals surface area contributed by atoms with E-state index in [1.807, 2.05) is 26.2 Å². The van der Waals surface area contributed by atoms with Crippen LogP contribution in [0.5, 0.6) is 0 Å². The van der Waals surface area contributed by atoms with Crippen molar-refractivity contribution in [2.24, 2.45) is 0 Å². The average Bonchev–Trinajstić information content (AvgIpc) is 3.07. The number of carbonyl (C=O) groups is 1. The summed E-state index contributed by atoms with van der Waals surface area (Å²) >= 11 is 1.72. The Morgan fingerprint density at radius 2 is 2.14 bits per heavy atom. The van der Waals surface area contributed by atoms with Crippen LogP contribution in [0.2, 0.25) is 0 Å². The number of aromatic nitrogens is 1. The molecule has 7 heteroatoms. The Labute approximate surface area is 134 Å². The fourth-order valence-corrected chi connectivity index (χ4v) is 2.62. The zero-order valence-corrected chi connectivity index (χ0v) is 13.9. The predicted molar refractivity (Wildman–Crippen MR) is 85.8 cm³/mol. The summed E-state index contributed by atoms with van der Waals surface area (Å²) in [5, 5.41) is 6.49. The number of furan rings is 1. The zero-order valence-electron chi connectivity index (χ0n) is 13.1. The molecule has 0 atom stereocenters. The van der Waals surface area contributed by atoms with E-state index in [0.29, 0.717) is 18.0 Å². The third-order valence-corrected chi connectivity index (χ3v) is 3.81. The molecule has 0 saturated carbocycles. The van der Waals surface area contributed by atoms with Gasteiger partial charge in [-0.3, -0.25) is 4.79 Å². The van der Waals surface area contributed by atoms with Gasteiger partial charge >= 0.3 is 0 Å². The molecule has 0 aliphatic heterocycles. The van der Waals surface area contributed by atoms with Crippen LogP contribution in [0.1, 0.15) is 27.8 Å². The second-order valence-electron chi connectivity index (χ2n) is 5.24. The minimum atomic E-state index is -0.205. The van der Waals surface area contributed by atoms with Gasteiger partial charge in [-0.1, -0.05) is 5.16 Å². The first-order valence-electron chi connectivity index (χ1n) is 7.06. The van der Waals surface area contributed by atoms with Crippen molar-refractivity contribution in [3.63, 3.8) is 0 Å². The number of nitrogens with one attached hydrogen (secondary N) is 1. The first-order chi connectivity index (χ1) is 10.5. The highest BCUT2D eigenvalue weighted by Gasteiger charge is 2.09. The predicted octanol–water partition coefficient (Wildman–Crippen LogP) is 2.30. The number of thioether (sulfide) groups is 1. The zero-order chi connectivity index (χ0) is 15.9. The second-order valence-corrected chi connectivity index (χ2v) is 6.34. The van der Waals surface area contributed by atoms with Crippen molar-refractivity contribution in [1.82, 2.24) is 15.4 Å². The molecule has 6 nitrogen and oxygen atoms in total. The Bertz CT molecular complexity index is 607. The van der Waals surface area contributed by atoms with E-state index >= 15 is 0 Å². The van der Waals surface area contributed by atoms with Crippen molar-refractivity contribution in [3.05, 3.63) is 41.2 Å². The first-order valence-corrected chi connectivity index (χ1v) is 8.21. The molecule has 0 unspecified atom stereocenters. The maximum Gasteiger partial charge on any atom is 0.273 e. The van der Waals surface area contributed by atoms with Crippen molar-refractivity contribution in [1.29, 1.82) is 0 Å². The molecule has 2 aromatic heterocycles. The van der Waals surface area contributed by atoms with Gasteiger partial charge in [0, 0.05) is 18.4 Å². The Balaban J connectivity index is 1.63. The molecule has 2 rings (SSSR count). The molecule has 1 amide bonds. The van der Waals surface area contributed by atoms with Crippen LogP contribution in [0.15, 0.2) is 27.1 Å². The number of rotatable bonds is 8. The van der Waals surface area contributed by atoms with Gasteiger partial charge in [0.2, 0.25) is 0 Å². The Morgan fingerprint density at radius 1 is 1.36 bits per heavy atom. The van der Waals surface area contributed by atoms with E-state index in [0.717, 1.165) is 29.6 Å². The molecule has 120 valence electrons. The summed E-state index contributed by atoms with van der Waals surface area (Å²) < 4.78 is 10.6. The molecule has 22 heavy (non-hydrogen) atoms. The molecule has 0 radical (unpaired) electrons. The highest BCUT2D eigenvalue weighted by Crippen LogP contribution is 2.15. The van der Waals surface area contributed by atoms with E-state index in [-0.39, 0.29) is 5.91 Å². The van der Waals surface area contributed by atoms with Crippen molar-refractivity contribution in [2.45, 2.75) is 19.2 Å². The summed E-state index contributed by atoms with van der Waals surface area (Å²) in [6.45, 7) is 3.14. The van der Waals surface area contributed by atoms with Crippen LogP contribution >= 0.6 is 11.8 Å². The van der Waals surface area contributed by atoms with Crippen molar-refractivity contribution in [2.75, 3.05) is 26.4 Å². The summed E-state index contributed by atoms with van der Waals surface area (Å²) in [5.74, 6) is 3.96.